The van der Waals surface area contributed by atoms with Crippen LogP contribution >= 0.6 is 0 Å². The molecule has 0 aromatic heterocycles. The van der Waals surface area contributed by atoms with Crippen LogP contribution < -0.4 is 0 Å². The monoisotopic (exact) mass is 262 g/mol. The number of hydrogen-bond donors (Lipinski definition) is 1. The molecule has 0 atom stereocenters. The highest BCUT2D eigenvalue weighted by atomic mass is 27.0. The summed E-state index contributed by atoms with van der Waals surface area (Å²) in [6.07, 6.45) is 3.79. The Morgan fingerprint density at radius 3 is 1.82 bits per heavy atom. The van der Waals surface area contributed by atoms with Crippen molar-refractivity contribution >= 4 is 23.3 Å². The van der Waals surface area contributed by atoms with Crippen molar-refractivity contribution in [3.8, 4) is 0 Å². The molecule has 0 heterocycles. The van der Waals surface area contributed by atoms with Gasteiger partial charge in [0.05, 0.1) is 19.6 Å². The van der Waals surface area contributed by atoms with Gasteiger partial charge in [0.25, 0.3) is 0 Å². The highest BCUT2D eigenvalue weighted by Crippen LogP contribution is 2.18. The quantitative estimate of drug-likeness (QED) is 0.369. The fraction of sp³-hybridized carbons (Fsp3) is 0.917. The lowest BCUT2D eigenvalue weighted by molar-refractivity contribution is -0.231. The molecule has 0 aliphatic carbocycles. The number of carboxylic acids is 1. The van der Waals surface area contributed by atoms with Crippen molar-refractivity contribution < 1.29 is 19.4 Å². The molecule has 0 amide bonds. The topological polar surface area (TPSA) is 55.8 Å². The Morgan fingerprint density at radius 1 is 1.12 bits per heavy atom. The fourth-order valence-corrected chi connectivity index (χ4v) is 1.28. The molecule has 0 bridgehead atoms. The van der Waals surface area contributed by atoms with Crippen molar-refractivity contribution in [1.29, 1.82) is 0 Å². The van der Waals surface area contributed by atoms with Gasteiger partial charge in [-0.3, -0.25) is 4.79 Å². The van der Waals surface area contributed by atoms with E-state index in [1.54, 1.807) is 6.92 Å². The van der Waals surface area contributed by atoms with Crippen molar-refractivity contribution in [3.05, 3.63) is 0 Å². The second-order valence-electron chi connectivity index (χ2n) is 4.11. The smallest absolute Gasteiger partial charge is 0.308 e. The first-order chi connectivity index (χ1) is 7.54. The van der Waals surface area contributed by atoms with Gasteiger partial charge >= 0.3 is 5.97 Å². The van der Waals surface area contributed by atoms with E-state index in [2.05, 4.69) is 13.8 Å². The molecular formula is C12H27AlO4. The summed E-state index contributed by atoms with van der Waals surface area (Å²) in [5.74, 6) is -1.87. The predicted octanol–water partition coefficient (Wildman–Crippen LogP) is 1.63. The Kier molecular flexibility index (Phi) is 12.5. The van der Waals surface area contributed by atoms with E-state index < -0.39 is 11.8 Å². The minimum absolute atomic E-state index is 0. The molecule has 0 aliphatic rings. The highest BCUT2D eigenvalue weighted by Gasteiger charge is 2.28. The van der Waals surface area contributed by atoms with Gasteiger partial charge in [-0.15, -0.1) is 0 Å². The molecule has 0 fully saturated rings. The van der Waals surface area contributed by atoms with Crippen LogP contribution in [0.1, 0.15) is 52.9 Å². The Balaban J connectivity index is 0. The summed E-state index contributed by atoms with van der Waals surface area (Å²) in [4.78, 5) is 10.7. The van der Waals surface area contributed by atoms with Gasteiger partial charge in [-0.1, -0.05) is 26.7 Å². The minimum Gasteiger partial charge on any atom is -0.481 e. The Bertz CT molecular complexity index is 187. The molecule has 0 unspecified atom stereocenters. The molecule has 0 radical (unpaired) electrons. The van der Waals surface area contributed by atoms with Crippen LogP contribution in [0.25, 0.3) is 0 Å². The fourth-order valence-electron chi connectivity index (χ4n) is 1.28. The number of carboxylic acid groups (broad SMARTS) is 1. The molecule has 0 aliphatic heterocycles. The van der Waals surface area contributed by atoms with Crippen LogP contribution in [0.5, 0.6) is 0 Å². The highest BCUT2D eigenvalue weighted by molar-refractivity contribution is 5.75. The van der Waals surface area contributed by atoms with Gasteiger partial charge < -0.3 is 14.6 Å². The van der Waals surface area contributed by atoms with E-state index in [0.717, 1.165) is 25.7 Å². The normalized spacial score (nSPS) is 11.0. The maximum absolute atomic E-state index is 10.7. The van der Waals surface area contributed by atoms with Crippen LogP contribution in [0, 0.1) is 0 Å². The molecule has 0 spiro atoms. The van der Waals surface area contributed by atoms with Crippen molar-refractivity contribution in [2.45, 2.75) is 58.7 Å². The number of carbonyl (C=O) groups is 1. The van der Waals surface area contributed by atoms with Crippen LogP contribution in [-0.4, -0.2) is 47.4 Å². The Morgan fingerprint density at radius 2 is 1.53 bits per heavy atom. The molecule has 0 aromatic rings. The molecule has 1 N–H and O–H groups in total. The first kappa shape index (κ1) is 19.3. The van der Waals surface area contributed by atoms with Crippen molar-refractivity contribution in [2.24, 2.45) is 0 Å². The second kappa shape index (κ2) is 11.0. The maximum Gasteiger partial charge on any atom is 0.308 e. The number of rotatable bonds is 10. The Hall–Kier alpha value is -0.0775. The Labute approximate surface area is 115 Å². The zero-order valence-corrected chi connectivity index (χ0v) is 10.6. The van der Waals surface area contributed by atoms with E-state index in [1.165, 1.54) is 0 Å². The second-order valence-corrected chi connectivity index (χ2v) is 4.11. The van der Waals surface area contributed by atoms with E-state index in [-0.39, 0.29) is 23.8 Å². The zero-order chi connectivity index (χ0) is 12.4. The summed E-state index contributed by atoms with van der Waals surface area (Å²) in [5, 5.41) is 8.80. The molecule has 0 saturated heterocycles. The minimum atomic E-state index is -0.976. The zero-order valence-electron chi connectivity index (χ0n) is 10.6. The van der Waals surface area contributed by atoms with Gasteiger partial charge in [-0.2, -0.15) is 0 Å². The SMILES string of the molecule is CCCCOC(C)(CC(=O)O)OCCCC.[AlH3]. The molecule has 0 rings (SSSR count). The molecule has 102 valence electrons. The van der Waals surface area contributed by atoms with Crippen molar-refractivity contribution in [1.82, 2.24) is 0 Å². The lowest BCUT2D eigenvalue weighted by Gasteiger charge is -2.28. The maximum atomic E-state index is 10.7. The number of aliphatic carboxylic acids is 1. The predicted molar refractivity (Wildman–Crippen MR) is 72.3 cm³/mol. The van der Waals surface area contributed by atoms with E-state index in [0.29, 0.717) is 13.2 Å². The summed E-state index contributed by atoms with van der Waals surface area (Å²) in [6, 6.07) is 0. The van der Waals surface area contributed by atoms with Crippen LogP contribution in [0.3, 0.4) is 0 Å². The summed E-state index contributed by atoms with van der Waals surface area (Å²) in [5.41, 5.74) is 0. The third-order valence-electron chi connectivity index (χ3n) is 2.28. The third-order valence-corrected chi connectivity index (χ3v) is 2.28. The van der Waals surface area contributed by atoms with Gasteiger partial charge in [0, 0.05) is 0 Å². The largest absolute Gasteiger partial charge is 0.481 e. The average molecular weight is 262 g/mol. The van der Waals surface area contributed by atoms with Gasteiger partial charge in [-0.25, -0.2) is 0 Å². The number of unbranched alkanes of at least 4 members (excludes halogenated alkanes) is 2. The number of hydrogen-bond acceptors (Lipinski definition) is 3. The van der Waals surface area contributed by atoms with Crippen LogP contribution in [0.4, 0.5) is 0 Å². The van der Waals surface area contributed by atoms with E-state index in [9.17, 15) is 4.79 Å². The van der Waals surface area contributed by atoms with Gasteiger partial charge in [-0.05, 0) is 19.8 Å². The van der Waals surface area contributed by atoms with Gasteiger partial charge in [0.1, 0.15) is 0 Å². The van der Waals surface area contributed by atoms with Gasteiger partial charge in [0.2, 0.25) is 0 Å². The number of ether oxygens (including phenoxy) is 2. The van der Waals surface area contributed by atoms with E-state index in [1.807, 2.05) is 0 Å². The lowest BCUT2D eigenvalue weighted by Crippen LogP contribution is -2.36. The molecule has 17 heavy (non-hydrogen) atoms. The van der Waals surface area contributed by atoms with Crippen LogP contribution in [0.15, 0.2) is 0 Å². The molecule has 4 nitrogen and oxygen atoms in total. The summed E-state index contributed by atoms with van der Waals surface area (Å²) >= 11 is 0. The summed E-state index contributed by atoms with van der Waals surface area (Å²) in [6.45, 7) is 6.93. The first-order valence-corrected chi connectivity index (χ1v) is 6.03. The third kappa shape index (κ3) is 10.8. The summed E-state index contributed by atoms with van der Waals surface area (Å²) < 4.78 is 11.0. The standard InChI is InChI=1S/C12H24O4.Al.3H/c1-4-6-8-15-12(3,10-11(13)14)16-9-7-5-2;;;;/h4-10H2,1-3H3,(H,13,14);;;;. The lowest BCUT2D eigenvalue weighted by atomic mass is 10.2. The summed E-state index contributed by atoms with van der Waals surface area (Å²) in [7, 11) is 0. The van der Waals surface area contributed by atoms with E-state index >= 15 is 0 Å². The van der Waals surface area contributed by atoms with Crippen molar-refractivity contribution in [3.63, 3.8) is 0 Å². The van der Waals surface area contributed by atoms with Crippen LogP contribution in [-0.2, 0) is 14.3 Å². The van der Waals surface area contributed by atoms with Gasteiger partial charge in [0.15, 0.2) is 23.1 Å². The van der Waals surface area contributed by atoms with E-state index in [4.69, 9.17) is 14.6 Å². The van der Waals surface area contributed by atoms with Crippen molar-refractivity contribution in [2.75, 3.05) is 13.2 Å². The van der Waals surface area contributed by atoms with Crippen LogP contribution in [0.2, 0.25) is 0 Å². The molecule has 5 heteroatoms. The molecule has 0 saturated carbocycles. The molecular weight excluding hydrogens is 235 g/mol. The average Bonchev–Trinajstić information content (AvgIpc) is 2.17. The molecule has 0 aromatic carbocycles. The first-order valence-electron chi connectivity index (χ1n) is 6.03.